The minimum Gasteiger partial charge on any atom is -0.467 e. The van der Waals surface area contributed by atoms with Gasteiger partial charge in [-0.1, -0.05) is 17.3 Å². The third-order valence-electron chi connectivity index (χ3n) is 4.19. The van der Waals surface area contributed by atoms with Crippen LogP contribution in [0.25, 0.3) is 22.8 Å². The Bertz CT molecular complexity index is 1210. The van der Waals surface area contributed by atoms with E-state index in [-0.39, 0.29) is 35.6 Å². The van der Waals surface area contributed by atoms with Crippen LogP contribution in [0.3, 0.4) is 0 Å². The maximum atomic E-state index is 13.1. The molecule has 0 unspecified atom stereocenters. The highest BCUT2D eigenvalue weighted by Gasteiger charge is 2.30. The van der Waals surface area contributed by atoms with E-state index in [2.05, 4.69) is 20.1 Å². The zero-order chi connectivity index (χ0) is 22.0. The summed E-state index contributed by atoms with van der Waals surface area (Å²) < 4.78 is 62.5. The highest BCUT2D eigenvalue weighted by molar-refractivity contribution is 5.56. The minimum atomic E-state index is -4.47. The van der Waals surface area contributed by atoms with Crippen molar-refractivity contribution < 1.29 is 26.8 Å². The molecule has 0 aliphatic carbocycles. The fourth-order valence-corrected chi connectivity index (χ4v) is 2.74. The molecule has 0 atom stereocenters. The molecule has 0 amide bonds. The summed E-state index contributed by atoms with van der Waals surface area (Å²) in [7, 11) is 0. The zero-order valence-corrected chi connectivity index (χ0v) is 16.0. The summed E-state index contributed by atoms with van der Waals surface area (Å²) in [6.07, 6.45) is -4.47. The van der Waals surface area contributed by atoms with E-state index in [1.165, 1.54) is 24.3 Å². The number of aryl methyl sites for hydroxylation is 1. The first-order chi connectivity index (χ1) is 14.8. The maximum Gasteiger partial charge on any atom is 0.416 e. The molecule has 2 aromatic carbocycles. The van der Waals surface area contributed by atoms with Gasteiger partial charge in [0.2, 0.25) is 11.7 Å². The predicted molar refractivity (Wildman–Crippen MR) is 101 cm³/mol. The van der Waals surface area contributed by atoms with Crippen molar-refractivity contribution >= 4 is 0 Å². The first-order valence-corrected chi connectivity index (χ1v) is 9.02. The normalized spacial score (nSPS) is 11.5. The van der Waals surface area contributed by atoms with Crippen LogP contribution in [-0.4, -0.2) is 20.1 Å². The summed E-state index contributed by atoms with van der Waals surface area (Å²) in [4.78, 5) is 12.7. The van der Waals surface area contributed by atoms with Gasteiger partial charge in [-0.2, -0.15) is 23.1 Å². The molecule has 0 fully saturated rings. The van der Waals surface area contributed by atoms with E-state index in [4.69, 9.17) is 9.26 Å². The van der Waals surface area contributed by atoms with E-state index in [9.17, 15) is 17.6 Å². The second-order valence-electron chi connectivity index (χ2n) is 6.56. The van der Waals surface area contributed by atoms with Crippen LogP contribution in [0.2, 0.25) is 0 Å². The Hall–Kier alpha value is -3.82. The van der Waals surface area contributed by atoms with Crippen LogP contribution in [0.4, 0.5) is 17.6 Å². The quantitative estimate of drug-likeness (QED) is 0.403. The van der Waals surface area contributed by atoms with Crippen molar-refractivity contribution in [2.45, 2.75) is 19.7 Å². The Kier molecular flexibility index (Phi) is 5.37. The number of nitrogens with zero attached hydrogens (tertiary/aromatic N) is 4. The van der Waals surface area contributed by atoms with Gasteiger partial charge in [-0.3, -0.25) is 0 Å². The Morgan fingerprint density at radius 2 is 1.68 bits per heavy atom. The summed E-state index contributed by atoms with van der Waals surface area (Å²) in [5, 5.41) is 3.71. The number of halogens is 4. The van der Waals surface area contributed by atoms with Crippen LogP contribution < -0.4 is 4.74 Å². The molecule has 0 bridgehead atoms. The predicted octanol–water partition coefficient (Wildman–Crippen LogP) is 5.24. The van der Waals surface area contributed by atoms with Crippen LogP contribution in [-0.2, 0) is 12.8 Å². The maximum absolute atomic E-state index is 13.1. The Labute approximate surface area is 173 Å². The summed E-state index contributed by atoms with van der Waals surface area (Å²) in [5.74, 6) is 0.277. The molecule has 158 valence electrons. The SMILES string of the molecule is Cc1cc(OCc2nc(-c3cccc(C(F)(F)F)c3)no2)nc(-c2ccc(F)cc2)n1. The molecule has 0 aliphatic heterocycles. The molecular formula is C21H14F4N4O2. The van der Waals surface area contributed by atoms with E-state index >= 15 is 0 Å². The van der Waals surface area contributed by atoms with Crippen molar-refractivity contribution in [1.29, 1.82) is 0 Å². The van der Waals surface area contributed by atoms with E-state index in [0.29, 0.717) is 17.1 Å². The lowest BCUT2D eigenvalue weighted by Gasteiger charge is -2.07. The van der Waals surface area contributed by atoms with Crippen molar-refractivity contribution in [3.05, 3.63) is 77.6 Å². The molecule has 2 heterocycles. The van der Waals surface area contributed by atoms with Crippen LogP contribution in [0.5, 0.6) is 5.88 Å². The molecule has 0 saturated carbocycles. The number of alkyl halides is 3. The van der Waals surface area contributed by atoms with Gasteiger partial charge in [0, 0.05) is 22.9 Å². The van der Waals surface area contributed by atoms with Gasteiger partial charge in [-0.05, 0) is 43.3 Å². The topological polar surface area (TPSA) is 73.9 Å². The van der Waals surface area contributed by atoms with Crippen molar-refractivity contribution in [2.24, 2.45) is 0 Å². The van der Waals surface area contributed by atoms with Crippen LogP contribution in [0, 0.1) is 12.7 Å². The molecule has 6 nitrogen and oxygen atoms in total. The van der Waals surface area contributed by atoms with Crippen molar-refractivity contribution in [1.82, 2.24) is 20.1 Å². The summed E-state index contributed by atoms with van der Waals surface area (Å²) in [6.45, 7) is 1.60. The molecule has 0 aliphatic rings. The van der Waals surface area contributed by atoms with Gasteiger partial charge in [0.05, 0.1) is 5.56 Å². The first-order valence-electron chi connectivity index (χ1n) is 9.02. The molecule has 2 aromatic heterocycles. The molecule has 10 heteroatoms. The van der Waals surface area contributed by atoms with Crippen molar-refractivity contribution in [3.8, 4) is 28.7 Å². The standard InChI is InChI=1S/C21H14F4N4O2/c1-12-9-17(27-19(26-12)13-5-7-16(22)8-6-13)30-11-18-28-20(29-31-18)14-3-2-4-15(10-14)21(23,24)25/h2-10H,11H2,1H3. The Morgan fingerprint density at radius 1 is 0.903 bits per heavy atom. The Balaban J connectivity index is 1.50. The molecule has 31 heavy (non-hydrogen) atoms. The number of hydrogen-bond donors (Lipinski definition) is 0. The van der Waals surface area contributed by atoms with Crippen molar-refractivity contribution in [3.63, 3.8) is 0 Å². The number of benzene rings is 2. The number of ether oxygens (including phenoxy) is 1. The van der Waals surface area contributed by atoms with Gasteiger partial charge in [0.25, 0.3) is 5.89 Å². The summed E-state index contributed by atoms with van der Waals surface area (Å²) in [6, 6.07) is 11.9. The van der Waals surface area contributed by atoms with E-state index in [1.54, 1.807) is 25.1 Å². The third kappa shape index (κ3) is 4.85. The molecule has 4 rings (SSSR count). The zero-order valence-electron chi connectivity index (χ0n) is 16.0. The number of hydrogen-bond acceptors (Lipinski definition) is 6. The lowest BCUT2D eigenvalue weighted by molar-refractivity contribution is -0.137. The lowest BCUT2D eigenvalue weighted by atomic mass is 10.1. The van der Waals surface area contributed by atoms with Gasteiger partial charge in [-0.25, -0.2) is 9.37 Å². The van der Waals surface area contributed by atoms with E-state index in [0.717, 1.165) is 12.1 Å². The number of aromatic nitrogens is 4. The number of rotatable bonds is 5. The molecule has 0 saturated heterocycles. The molecule has 4 aromatic rings. The largest absolute Gasteiger partial charge is 0.467 e. The third-order valence-corrected chi connectivity index (χ3v) is 4.19. The van der Waals surface area contributed by atoms with E-state index < -0.39 is 11.7 Å². The average Bonchev–Trinajstić information content (AvgIpc) is 3.21. The van der Waals surface area contributed by atoms with Crippen LogP contribution in [0.1, 0.15) is 17.1 Å². The molecular weight excluding hydrogens is 416 g/mol. The molecule has 0 spiro atoms. The fraction of sp³-hybridized carbons (Fsp3) is 0.143. The highest BCUT2D eigenvalue weighted by Crippen LogP contribution is 2.31. The van der Waals surface area contributed by atoms with Gasteiger partial charge >= 0.3 is 6.18 Å². The second-order valence-corrected chi connectivity index (χ2v) is 6.56. The average molecular weight is 430 g/mol. The van der Waals surface area contributed by atoms with E-state index in [1.807, 2.05) is 0 Å². The second kappa shape index (κ2) is 8.13. The van der Waals surface area contributed by atoms with Gasteiger partial charge < -0.3 is 9.26 Å². The van der Waals surface area contributed by atoms with Crippen LogP contribution >= 0.6 is 0 Å². The van der Waals surface area contributed by atoms with Gasteiger partial charge in [0.1, 0.15) is 5.82 Å². The molecule has 0 radical (unpaired) electrons. The lowest BCUT2D eigenvalue weighted by Crippen LogP contribution is -2.04. The fourth-order valence-electron chi connectivity index (χ4n) is 2.74. The van der Waals surface area contributed by atoms with Gasteiger partial charge in [0.15, 0.2) is 12.4 Å². The summed E-state index contributed by atoms with van der Waals surface area (Å²) >= 11 is 0. The smallest absolute Gasteiger partial charge is 0.416 e. The summed E-state index contributed by atoms with van der Waals surface area (Å²) in [5.41, 5.74) is 0.595. The van der Waals surface area contributed by atoms with Gasteiger partial charge in [-0.15, -0.1) is 0 Å². The molecule has 0 N–H and O–H groups in total. The minimum absolute atomic E-state index is 0.00979. The van der Waals surface area contributed by atoms with Crippen LogP contribution in [0.15, 0.2) is 59.1 Å². The van der Waals surface area contributed by atoms with Crippen molar-refractivity contribution in [2.75, 3.05) is 0 Å². The Morgan fingerprint density at radius 3 is 2.42 bits per heavy atom. The first kappa shape index (κ1) is 20.5. The highest BCUT2D eigenvalue weighted by atomic mass is 19.4. The monoisotopic (exact) mass is 430 g/mol.